The molecule has 0 saturated heterocycles. The van der Waals surface area contributed by atoms with Crippen molar-refractivity contribution in [2.75, 3.05) is 5.32 Å². The Labute approximate surface area is 106 Å². The van der Waals surface area contributed by atoms with Crippen LogP contribution in [-0.4, -0.2) is 17.0 Å². The van der Waals surface area contributed by atoms with E-state index in [0.29, 0.717) is 5.69 Å². The second-order valence-electron chi connectivity index (χ2n) is 3.96. The molecule has 1 aromatic carbocycles. The first kappa shape index (κ1) is 14.0. The van der Waals surface area contributed by atoms with Gasteiger partial charge in [-0.2, -0.15) is 0 Å². The number of hydrogen-bond acceptors (Lipinski definition) is 2. The zero-order valence-electron chi connectivity index (χ0n) is 10.3. The van der Waals surface area contributed by atoms with Crippen LogP contribution in [0.2, 0.25) is 0 Å². The van der Waals surface area contributed by atoms with Crippen molar-refractivity contribution in [1.82, 2.24) is 0 Å². The first-order valence-electron chi connectivity index (χ1n) is 5.92. The molecule has 0 fully saturated rings. The molecule has 0 aliphatic carbocycles. The Morgan fingerprint density at radius 1 is 1.22 bits per heavy atom. The van der Waals surface area contributed by atoms with Gasteiger partial charge in [0.1, 0.15) is 0 Å². The topological polar surface area (TPSA) is 66.4 Å². The molecule has 0 bridgehead atoms. The second kappa shape index (κ2) is 7.27. The van der Waals surface area contributed by atoms with E-state index in [1.807, 2.05) is 24.3 Å². The van der Waals surface area contributed by atoms with Crippen LogP contribution >= 0.6 is 0 Å². The van der Waals surface area contributed by atoms with Crippen LogP contribution in [0, 0.1) is 0 Å². The summed E-state index contributed by atoms with van der Waals surface area (Å²) >= 11 is 0. The molecule has 0 aliphatic heterocycles. The van der Waals surface area contributed by atoms with Gasteiger partial charge in [-0.05, 0) is 30.5 Å². The van der Waals surface area contributed by atoms with Gasteiger partial charge >= 0.3 is 5.97 Å². The lowest BCUT2D eigenvalue weighted by molar-refractivity contribution is -0.131. The van der Waals surface area contributed by atoms with Gasteiger partial charge in [0, 0.05) is 17.8 Å². The zero-order valence-corrected chi connectivity index (χ0v) is 10.3. The molecule has 96 valence electrons. The van der Waals surface area contributed by atoms with Gasteiger partial charge in [0.25, 0.3) is 0 Å². The number of aliphatic carboxylic acids is 1. The molecule has 0 saturated carbocycles. The molecule has 0 spiro atoms. The third-order valence-corrected chi connectivity index (χ3v) is 2.42. The number of benzene rings is 1. The third-order valence-electron chi connectivity index (χ3n) is 2.42. The zero-order chi connectivity index (χ0) is 13.4. The van der Waals surface area contributed by atoms with Crippen LogP contribution in [0.4, 0.5) is 5.69 Å². The number of amides is 1. The molecule has 2 N–H and O–H groups in total. The fraction of sp³-hybridized carbons (Fsp3) is 0.286. The minimum absolute atomic E-state index is 0.446. The van der Waals surface area contributed by atoms with E-state index >= 15 is 0 Å². The third kappa shape index (κ3) is 5.30. The highest BCUT2D eigenvalue weighted by atomic mass is 16.4. The normalized spacial score (nSPS) is 10.5. The maximum Gasteiger partial charge on any atom is 0.328 e. The van der Waals surface area contributed by atoms with Crippen LogP contribution in [0.25, 0.3) is 0 Å². The molecule has 1 rings (SSSR count). The minimum atomic E-state index is -1.14. The number of aryl methyl sites for hydroxylation is 1. The van der Waals surface area contributed by atoms with Crippen molar-refractivity contribution in [1.29, 1.82) is 0 Å². The lowest BCUT2D eigenvalue weighted by Gasteiger charge is -2.04. The summed E-state index contributed by atoms with van der Waals surface area (Å²) in [6, 6.07) is 7.56. The van der Waals surface area contributed by atoms with Gasteiger partial charge < -0.3 is 10.4 Å². The summed E-state index contributed by atoms with van der Waals surface area (Å²) in [5.41, 5.74) is 1.89. The van der Waals surface area contributed by atoms with Gasteiger partial charge in [-0.25, -0.2) is 4.79 Å². The number of unbranched alkanes of at least 4 members (excludes halogenated alkanes) is 1. The molecule has 0 heterocycles. The summed E-state index contributed by atoms with van der Waals surface area (Å²) in [6.45, 7) is 2.14. The fourth-order valence-corrected chi connectivity index (χ4v) is 1.47. The number of carbonyl (C=O) groups is 2. The van der Waals surface area contributed by atoms with Gasteiger partial charge in [0.2, 0.25) is 5.91 Å². The Kier molecular flexibility index (Phi) is 5.64. The average molecular weight is 247 g/mol. The molecule has 0 aliphatic rings. The highest BCUT2D eigenvalue weighted by Gasteiger charge is 1.99. The summed E-state index contributed by atoms with van der Waals surface area (Å²) in [6.07, 6.45) is 5.13. The van der Waals surface area contributed by atoms with Crippen LogP contribution in [-0.2, 0) is 16.0 Å². The number of nitrogens with one attached hydrogen (secondary N) is 1. The second-order valence-corrected chi connectivity index (χ2v) is 3.96. The summed E-state index contributed by atoms with van der Waals surface area (Å²) in [5.74, 6) is -1.58. The smallest absolute Gasteiger partial charge is 0.328 e. The van der Waals surface area contributed by atoms with E-state index in [2.05, 4.69) is 12.2 Å². The van der Waals surface area contributed by atoms with E-state index in [0.717, 1.165) is 31.4 Å². The highest BCUT2D eigenvalue weighted by molar-refractivity contribution is 6.02. The van der Waals surface area contributed by atoms with Gasteiger partial charge in [0.05, 0.1) is 0 Å². The lowest BCUT2D eigenvalue weighted by atomic mass is 10.1. The monoisotopic (exact) mass is 247 g/mol. The quantitative estimate of drug-likeness (QED) is 0.759. The predicted octanol–water partition coefficient (Wildman–Crippen LogP) is 2.61. The molecular formula is C14H17NO3. The van der Waals surface area contributed by atoms with Crippen molar-refractivity contribution in [3.8, 4) is 0 Å². The van der Waals surface area contributed by atoms with E-state index in [-0.39, 0.29) is 0 Å². The van der Waals surface area contributed by atoms with Crippen LogP contribution in [0.3, 0.4) is 0 Å². The Morgan fingerprint density at radius 3 is 2.44 bits per heavy atom. The Bertz CT molecular complexity index is 435. The molecule has 18 heavy (non-hydrogen) atoms. The molecule has 1 amide bonds. The number of anilines is 1. The van der Waals surface area contributed by atoms with Crippen molar-refractivity contribution in [2.24, 2.45) is 0 Å². The minimum Gasteiger partial charge on any atom is -0.478 e. The van der Waals surface area contributed by atoms with E-state index in [9.17, 15) is 9.59 Å². The first-order chi connectivity index (χ1) is 8.61. The van der Waals surface area contributed by atoms with Gasteiger partial charge in [-0.3, -0.25) is 4.79 Å². The Morgan fingerprint density at radius 2 is 1.89 bits per heavy atom. The van der Waals surface area contributed by atoms with Crippen molar-refractivity contribution in [2.45, 2.75) is 26.2 Å². The van der Waals surface area contributed by atoms with Crippen molar-refractivity contribution in [3.63, 3.8) is 0 Å². The number of carboxylic acids is 1. The highest BCUT2D eigenvalue weighted by Crippen LogP contribution is 2.11. The van der Waals surface area contributed by atoms with E-state index in [1.165, 1.54) is 5.56 Å². The van der Waals surface area contributed by atoms with Crippen LogP contribution in [0.1, 0.15) is 25.3 Å². The van der Waals surface area contributed by atoms with Gasteiger partial charge in [-0.15, -0.1) is 0 Å². The maximum atomic E-state index is 11.3. The average Bonchev–Trinajstić information content (AvgIpc) is 2.35. The fourth-order valence-electron chi connectivity index (χ4n) is 1.47. The molecular weight excluding hydrogens is 230 g/mol. The van der Waals surface area contributed by atoms with Crippen LogP contribution < -0.4 is 5.32 Å². The van der Waals surface area contributed by atoms with Crippen LogP contribution in [0.5, 0.6) is 0 Å². The number of rotatable bonds is 6. The summed E-state index contributed by atoms with van der Waals surface area (Å²) < 4.78 is 0. The van der Waals surface area contributed by atoms with Crippen molar-refractivity contribution < 1.29 is 14.7 Å². The largest absolute Gasteiger partial charge is 0.478 e. The number of carboxylic acid groups (broad SMARTS) is 1. The Balaban J connectivity index is 2.53. The Hall–Kier alpha value is -2.10. The lowest BCUT2D eigenvalue weighted by Crippen LogP contribution is -2.08. The SMILES string of the molecule is CCCCc1ccc(NC(=O)C=CC(=O)O)cc1. The van der Waals surface area contributed by atoms with E-state index in [1.54, 1.807) is 0 Å². The summed E-state index contributed by atoms with van der Waals surface area (Å²) in [5, 5.41) is 11.0. The van der Waals surface area contributed by atoms with Gasteiger partial charge in [0.15, 0.2) is 0 Å². The molecule has 0 radical (unpaired) electrons. The molecule has 0 aromatic heterocycles. The van der Waals surface area contributed by atoms with E-state index < -0.39 is 11.9 Å². The van der Waals surface area contributed by atoms with Crippen LogP contribution in [0.15, 0.2) is 36.4 Å². The van der Waals surface area contributed by atoms with Crippen molar-refractivity contribution in [3.05, 3.63) is 42.0 Å². The summed E-state index contributed by atoms with van der Waals surface area (Å²) in [4.78, 5) is 21.5. The molecule has 4 nitrogen and oxygen atoms in total. The predicted molar refractivity (Wildman–Crippen MR) is 70.5 cm³/mol. The van der Waals surface area contributed by atoms with Gasteiger partial charge in [-0.1, -0.05) is 25.5 Å². The summed E-state index contributed by atoms with van der Waals surface area (Å²) in [7, 11) is 0. The molecule has 0 atom stereocenters. The van der Waals surface area contributed by atoms with E-state index in [4.69, 9.17) is 5.11 Å². The molecule has 4 heteroatoms. The number of carbonyl (C=O) groups excluding carboxylic acids is 1. The molecule has 0 unspecified atom stereocenters. The first-order valence-corrected chi connectivity index (χ1v) is 5.92. The number of hydrogen-bond donors (Lipinski definition) is 2. The maximum absolute atomic E-state index is 11.3. The molecule has 1 aromatic rings. The standard InChI is InChI=1S/C14H17NO3/c1-2-3-4-11-5-7-12(8-6-11)15-13(16)9-10-14(17)18/h5-10H,2-4H2,1H3,(H,15,16)(H,17,18). The van der Waals surface area contributed by atoms with Crippen molar-refractivity contribution >= 4 is 17.6 Å².